The molecule has 1 aliphatic rings. The van der Waals surface area contributed by atoms with Crippen molar-refractivity contribution in [3.8, 4) is 5.75 Å². The van der Waals surface area contributed by atoms with Crippen LogP contribution in [0.2, 0.25) is 0 Å². The topological polar surface area (TPSA) is 24.5 Å². The number of nitrogens with zero attached hydrogens (tertiary/aromatic N) is 1. The van der Waals surface area contributed by atoms with Gasteiger partial charge in [-0.15, -0.1) is 24.8 Å². The quantitative estimate of drug-likeness (QED) is 0.923. The zero-order valence-electron chi connectivity index (χ0n) is 12.5. The smallest absolute Gasteiger partial charge is 0.119 e. The Balaban J connectivity index is 0.00000180. The molecule has 0 amide bonds. The molecule has 1 unspecified atom stereocenters. The average molecular weight is 321 g/mol. The second-order valence-electron chi connectivity index (χ2n) is 5.27. The van der Waals surface area contributed by atoms with Crippen molar-refractivity contribution in [3.63, 3.8) is 0 Å². The molecule has 3 nitrogen and oxygen atoms in total. The van der Waals surface area contributed by atoms with Crippen molar-refractivity contribution in [1.29, 1.82) is 0 Å². The molecule has 1 aromatic rings. The van der Waals surface area contributed by atoms with E-state index in [1.807, 2.05) is 0 Å². The van der Waals surface area contributed by atoms with Gasteiger partial charge < -0.3 is 10.1 Å². The zero-order valence-corrected chi connectivity index (χ0v) is 14.1. The molecule has 0 spiro atoms. The SMILES string of the molecule is Cc1cc(C)cc(OCC(C)N2CCNCC2)c1.Cl.Cl. The number of benzene rings is 1. The van der Waals surface area contributed by atoms with Crippen molar-refractivity contribution in [2.45, 2.75) is 26.8 Å². The molecule has 2 rings (SSSR count). The Bertz CT molecular complexity index is 375. The fraction of sp³-hybridized carbons (Fsp3) is 0.600. The zero-order chi connectivity index (χ0) is 13.0. The van der Waals surface area contributed by atoms with Crippen LogP contribution in [0.15, 0.2) is 18.2 Å². The lowest BCUT2D eigenvalue weighted by atomic mass is 10.1. The van der Waals surface area contributed by atoms with Crippen LogP contribution in [-0.4, -0.2) is 43.7 Å². The van der Waals surface area contributed by atoms with Crippen LogP contribution < -0.4 is 10.1 Å². The van der Waals surface area contributed by atoms with Gasteiger partial charge in [0.25, 0.3) is 0 Å². The average Bonchev–Trinajstić information content (AvgIpc) is 2.36. The summed E-state index contributed by atoms with van der Waals surface area (Å²) >= 11 is 0. The van der Waals surface area contributed by atoms with Crippen molar-refractivity contribution in [2.24, 2.45) is 0 Å². The summed E-state index contributed by atoms with van der Waals surface area (Å²) < 4.78 is 5.92. The molecule has 1 fully saturated rings. The number of hydrogen-bond donors (Lipinski definition) is 1. The molecule has 5 heteroatoms. The predicted molar refractivity (Wildman–Crippen MR) is 89.8 cm³/mol. The van der Waals surface area contributed by atoms with E-state index in [-0.39, 0.29) is 24.8 Å². The van der Waals surface area contributed by atoms with Crippen LogP contribution in [0.3, 0.4) is 0 Å². The third kappa shape index (κ3) is 5.88. The Morgan fingerprint density at radius 2 is 1.65 bits per heavy atom. The van der Waals surface area contributed by atoms with Crippen LogP contribution in [0.1, 0.15) is 18.1 Å². The van der Waals surface area contributed by atoms with Crippen LogP contribution in [0.25, 0.3) is 0 Å². The molecule has 1 N–H and O–H groups in total. The molecular formula is C15H26Cl2N2O. The normalized spacial score (nSPS) is 16.8. The van der Waals surface area contributed by atoms with E-state index < -0.39 is 0 Å². The molecule has 1 saturated heterocycles. The maximum Gasteiger partial charge on any atom is 0.119 e. The Hall–Kier alpha value is -0.480. The van der Waals surface area contributed by atoms with E-state index in [1.54, 1.807) is 0 Å². The van der Waals surface area contributed by atoms with Gasteiger partial charge in [-0.1, -0.05) is 6.07 Å². The fourth-order valence-electron chi connectivity index (χ4n) is 2.46. The molecule has 0 bridgehead atoms. The van der Waals surface area contributed by atoms with Gasteiger partial charge in [-0.25, -0.2) is 0 Å². The van der Waals surface area contributed by atoms with E-state index in [0.29, 0.717) is 6.04 Å². The van der Waals surface area contributed by atoms with Crippen LogP contribution in [0.4, 0.5) is 0 Å². The molecule has 20 heavy (non-hydrogen) atoms. The Kier molecular flexibility index (Phi) is 9.23. The lowest BCUT2D eigenvalue weighted by Crippen LogP contribution is -2.49. The molecule has 0 aliphatic carbocycles. The molecule has 1 heterocycles. The van der Waals surface area contributed by atoms with E-state index in [4.69, 9.17) is 4.74 Å². The first-order valence-corrected chi connectivity index (χ1v) is 6.81. The standard InChI is InChI=1S/C15H24N2O.2ClH/c1-12-8-13(2)10-15(9-12)18-11-14(3)17-6-4-16-5-7-17;;/h8-10,14,16H,4-7,11H2,1-3H3;2*1H. The van der Waals surface area contributed by atoms with Crippen molar-refractivity contribution in [2.75, 3.05) is 32.8 Å². The summed E-state index contributed by atoms with van der Waals surface area (Å²) in [6.07, 6.45) is 0. The van der Waals surface area contributed by atoms with Gasteiger partial charge in [0.15, 0.2) is 0 Å². The first-order valence-electron chi connectivity index (χ1n) is 6.81. The van der Waals surface area contributed by atoms with Crippen LogP contribution >= 0.6 is 24.8 Å². The van der Waals surface area contributed by atoms with Gasteiger partial charge in [0.05, 0.1) is 0 Å². The number of hydrogen-bond acceptors (Lipinski definition) is 3. The summed E-state index contributed by atoms with van der Waals surface area (Å²) in [7, 11) is 0. The Morgan fingerprint density at radius 1 is 1.10 bits per heavy atom. The number of halogens is 2. The molecule has 1 aromatic carbocycles. The maximum atomic E-state index is 5.92. The summed E-state index contributed by atoms with van der Waals surface area (Å²) in [5.41, 5.74) is 2.53. The number of aryl methyl sites for hydroxylation is 2. The highest BCUT2D eigenvalue weighted by atomic mass is 35.5. The van der Waals surface area contributed by atoms with E-state index >= 15 is 0 Å². The lowest BCUT2D eigenvalue weighted by Gasteiger charge is -2.32. The van der Waals surface area contributed by atoms with E-state index in [0.717, 1.165) is 38.5 Å². The third-order valence-corrected chi connectivity index (χ3v) is 3.46. The summed E-state index contributed by atoms with van der Waals surface area (Å²) in [5.74, 6) is 0.995. The summed E-state index contributed by atoms with van der Waals surface area (Å²) in [6.45, 7) is 11.7. The highest BCUT2D eigenvalue weighted by Crippen LogP contribution is 2.17. The molecular weight excluding hydrogens is 295 g/mol. The van der Waals surface area contributed by atoms with Gasteiger partial charge in [0.2, 0.25) is 0 Å². The minimum atomic E-state index is 0. The van der Waals surface area contributed by atoms with Gasteiger partial charge in [0, 0.05) is 32.2 Å². The monoisotopic (exact) mass is 320 g/mol. The van der Waals surface area contributed by atoms with E-state index in [9.17, 15) is 0 Å². The van der Waals surface area contributed by atoms with Gasteiger partial charge in [-0.05, 0) is 44.0 Å². The predicted octanol–water partition coefficient (Wildman–Crippen LogP) is 2.82. The largest absolute Gasteiger partial charge is 0.492 e. The van der Waals surface area contributed by atoms with E-state index in [2.05, 4.69) is 49.2 Å². The Labute approximate surface area is 134 Å². The van der Waals surface area contributed by atoms with Gasteiger partial charge in [-0.3, -0.25) is 4.90 Å². The summed E-state index contributed by atoms with van der Waals surface area (Å²) in [5, 5.41) is 3.38. The highest BCUT2D eigenvalue weighted by Gasteiger charge is 2.16. The van der Waals surface area contributed by atoms with Gasteiger partial charge >= 0.3 is 0 Å². The number of piperazine rings is 1. The van der Waals surface area contributed by atoms with Crippen LogP contribution in [0, 0.1) is 13.8 Å². The number of rotatable bonds is 4. The first kappa shape index (κ1) is 19.5. The minimum absolute atomic E-state index is 0. The van der Waals surface area contributed by atoms with Crippen LogP contribution in [-0.2, 0) is 0 Å². The van der Waals surface area contributed by atoms with Crippen molar-refractivity contribution < 1.29 is 4.74 Å². The Morgan fingerprint density at radius 3 is 2.20 bits per heavy atom. The van der Waals surface area contributed by atoms with Crippen molar-refractivity contribution in [1.82, 2.24) is 10.2 Å². The molecule has 116 valence electrons. The van der Waals surface area contributed by atoms with Crippen LogP contribution in [0.5, 0.6) is 5.75 Å². The highest BCUT2D eigenvalue weighted by molar-refractivity contribution is 5.85. The number of nitrogens with one attached hydrogen (secondary N) is 1. The van der Waals surface area contributed by atoms with Crippen molar-refractivity contribution in [3.05, 3.63) is 29.3 Å². The minimum Gasteiger partial charge on any atom is -0.492 e. The van der Waals surface area contributed by atoms with Gasteiger partial charge in [0.1, 0.15) is 12.4 Å². The molecule has 1 atom stereocenters. The second kappa shape index (κ2) is 9.46. The lowest BCUT2D eigenvalue weighted by molar-refractivity contribution is 0.132. The number of ether oxygens (including phenoxy) is 1. The fourth-order valence-corrected chi connectivity index (χ4v) is 2.46. The first-order chi connectivity index (χ1) is 8.65. The maximum absolute atomic E-state index is 5.92. The summed E-state index contributed by atoms with van der Waals surface area (Å²) in [4.78, 5) is 2.49. The van der Waals surface area contributed by atoms with E-state index in [1.165, 1.54) is 11.1 Å². The molecule has 0 saturated carbocycles. The molecule has 1 aliphatic heterocycles. The molecule has 0 aromatic heterocycles. The second-order valence-corrected chi connectivity index (χ2v) is 5.27. The molecule has 0 radical (unpaired) electrons. The summed E-state index contributed by atoms with van der Waals surface area (Å²) in [6, 6.07) is 6.87. The van der Waals surface area contributed by atoms with Gasteiger partial charge in [-0.2, -0.15) is 0 Å². The van der Waals surface area contributed by atoms with Crippen molar-refractivity contribution >= 4 is 24.8 Å². The third-order valence-electron chi connectivity index (χ3n) is 3.46.